The number of phenols is 1. The zero-order chi connectivity index (χ0) is 19.3. The van der Waals surface area contributed by atoms with Gasteiger partial charge in [-0.15, -0.1) is 0 Å². The normalized spacial score (nSPS) is 12.9. The van der Waals surface area contributed by atoms with Crippen LogP contribution in [0.15, 0.2) is 30.3 Å². The first kappa shape index (κ1) is 19.1. The van der Waals surface area contributed by atoms with Crippen molar-refractivity contribution in [3.63, 3.8) is 0 Å². The highest BCUT2D eigenvalue weighted by atomic mass is 16.5. The average molecular weight is 361 g/mol. The van der Waals surface area contributed by atoms with Crippen LogP contribution in [0.1, 0.15) is 25.5 Å². The minimum absolute atomic E-state index is 0.0353. The van der Waals surface area contributed by atoms with E-state index >= 15 is 0 Å². The number of aliphatic hydroxyl groups excluding tert-OH is 1. The molecule has 2 atom stereocenters. The molecule has 0 aliphatic rings. The van der Waals surface area contributed by atoms with Gasteiger partial charge >= 0.3 is 6.09 Å². The highest BCUT2D eigenvalue weighted by Crippen LogP contribution is 2.30. The third-order valence-corrected chi connectivity index (χ3v) is 3.69. The number of pyridine rings is 1. The van der Waals surface area contributed by atoms with Crippen LogP contribution in [0.4, 0.5) is 27.8 Å². The number of carbonyl (C=O) groups is 1. The number of nitrogens with two attached hydrogens (primary N) is 2. The van der Waals surface area contributed by atoms with Crippen LogP contribution in [0, 0.1) is 0 Å². The molecule has 1 heterocycles. The first-order valence-electron chi connectivity index (χ1n) is 8.05. The second kappa shape index (κ2) is 8.26. The number of anilines is 4. The van der Waals surface area contributed by atoms with Gasteiger partial charge in [0.25, 0.3) is 0 Å². The molecular weight excluding hydrogens is 338 g/mol. The highest BCUT2D eigenvalue weighted by Gasteiger charge is 2.19. The molecule has 0 aliphatic heterocycles. The van der Waals surface area contributed by atoms with E-state index in [1.807, 2.05) is 0 Å². The molecule has 0 spiro atoms. The molecular formula is C17H23N5O4. The standard InChI is InChI=1S/C17H23N5O4/c1-3-26-17(25)22-13-8-12(14(18)16(19)21-13)20-9(2)15(24)10-4-6-11(23)7-5-10/h4-9,15,23-24H,3,18H2,1-2H3,(H4,19,20,21,22,25). The van der Waals surface area contributed by atoms with Crippen LogP contribution in [0.25, 0.3) is 0 Å². The van der Waals surface area contributed by atoms with E-state index in [4.69, 9.17) is 16.2 Å². The first-order chi connectivity index (χ1) is 12.3. The van der Waals surface area contributed by atoms with E-state index in [2.05, 4.69) is 15.6 Å². The quantitative estimate of drug-likeness (QED) is 0.456. The number of phenolic OH excluding ortho intramolecular Hbond substituents is 1. The molecule has 0 fully saturated rings. The summed E-state index contributed by atoms with van der Waals surface area (Å²) in [5.74, 6) is 0.319. The van der Waals surface area contributed by atoms with E-state index in [0.29, 0.717) is 11.3 Å². The summed E-state index contributed by atoms with van der Waals surface area (Å²) in [6.45, 7) is 3.66. The van der Waals surface area contributed by atoms with Crippen LogP contribution in [-0.2, 0) is 4.74 Å². The molecule has 0 radical (unpaired) electrons. The molecule has 0 saturated carbocycles. The lowest BCUT2D eigenvalue weighted by molar-refractivity contribution is 0.160. The van der Waals surface area contributed by atoms with Gasteiger partial charge in [-0.25, -0.2) is 9.78 Å². The van der Waals surface area contributed by atoms with E-state index in [9.17, 15) is 15.0 Å². The number of benzene rings is 1. The largest absolute Gasteiger partial charge is 0.508 e. The second-order valence-corrected chi connectivity index (χ2v) is 5.67. The van der Waals surface area contributed by atoms with Crippen molar-refractivity contribution in [3.8, 4) is 5.75 Å². The van der Waals surface area contributed by atoms with Crippen molar-refractivity contribution >= 4 is 29.1 Å². The Balaban J connectivity index is 2.17. The fourth-order valence-electron chi connectivity index (χ4n) is 2.31. The number of aromatic hydroxyl groups is 1. The van der Waals surface area contributed by atoms with Crippen LogP contribution < -0.4 is 22.1 Å². The monoisotopic (exact) mass is 361 g/mol. The van der Waals surface area contributed by atoms with Gasteiger partial charge in [0.05, 0.1) is 30.1 Å². The molecule has 0 bridgehead atoms. The van der Waals surface area contributed by atoms with Gasteiger partial charge in [-0.2, -0.15) is 0 Å². The molecule has 0 saturated heterocycles. The SMILES string of the molecule is CCOC(=O)Nc1cc(NC(C)C(O)c2ccc(O)cc2)c(N)c(N)n1. The fourth-order valence-corrected chi connectivity index (χ4v) is 2.31. The summed E-state index contributed by atoms with van der Waals surface area (Å²) in [5.41, 5.74) is 13.0. The highest BCUT2D eigenvalue weighted by molar-refractivity contribution is 5.87. The van der Waals surface area contributed by atoms with Crippen LogP contribution in [-0.4, -0.2) is 33.9 Å². The summed E-state index contributed by atoms with van der Waals surface area (Å²) < 4.78 is 4.80. The third kappa shape index (κ3) is 4.67. The Morgan fingerprint density at radius 3 is 2.58 bits per heavy atom. The number of nitrogens with one attached hydrogen (secondary N) is 2. The molecule has 9 nitrogen and oxygen atoms in total. The van der Waals surface area contributed by atoms with E-state index in [0.717, 1.165) is 0 Å². The summed E-state index contributed by atoms with van der Waals surface area (Å²) in [6.07, 6.45) is -1.53. The Kier molecular flexibility index (Phi) is 6.07. The maximum absolute atomic E-state index is 11.5. The molecule has 8 N–H and O–H groups in total. The number of carbonyl (C=O) groups excluding carboxylic acids is 1. The van der Waals surface area contributed by atoms with Gasteiger partial charge in [-0.1, -0.05) is 12.1 Å². The number of rotatable bonds is 6. The molecule has 0 aliphatic carbocycles. The second-order valence-electron chi connectivity index (χ2n) is 5.67. The predicted octanol–water partition coefficient (Wildman–Crippen LogP) is 2.05. The van der Waals surface area contributed by atoms with E-state index in [1.165, 1.54) is 18.2 Å². The molecule has 9 heteroatoms. The Morgan fingerprint density at radius 1 is 1.31 bits per heavy atom. The minimum Gasteiger partial charge on any atom is -0.508 e. The summed E-state index contributed by atoms with van der Waals surface area (Å²) in [5, 5.41) is 25.3. The van der Waals surface area contributed by atoms with E-state index in [-0.39, 0.29) is 29.7 Å². The lowest BCUT2D eigenvalue weighted by atomic mass is 10.0. The van der Waals surface area contributed by atoms with Crippen molar-refractivity contribution in [1.82, 2.24) is 4.98 Å². The van der Waals surface area contributed by atoms with Gasteiger partial charge in [-0.3, -0.25) is 5.32 Å². The van der Waals surface area contributed by atoms with Crippen molar-refractivity contribution in [3.05, 3.63) is 35.9 Å². The predicted molar refractivity (Wildman–Crippen MR) is 99.9 cm³/mol. The molecule has 1 aromatic heterocycles. The van der Waals surface area contributed by atoms with Crippen LogP contribution >= 0.6 is 0 Å². The maximum Gasteiger partial charge on any atom is 0.412 e. The zero-order valence-corrected chi connectivity index (χ0v) is 14.6. The Morgan fingerprint density at radius 2 is 1.96 bits per heavy atom. The molecule has 2 unspecified atom stereocenters. The maximum atomic E-state index is 11.5. The molecule has 2 rings (SSSR count). The summed E-state index contributed by atoms with van der Waals surface area (Å²) >= 11 is 0. The number of amides is 1. The van der Waals surface area contributed by atoms with Crippen molar-refractivity contribution < 1.29 is 19.7 Å². The molecule has 140 valence electrons. The summed E-state index contributed by atoms with van der Waals surface area (Å²) in [7, 11) is 0. The van der Waals surface area contributed by atoms with Crippen molar-refractivity contribution in [2.75, 3.05) is 28.7 Å². The van der Waals surface area contributed by atoms with Crippen LogP contribution in [0.5, 0.6) is 5.75 Å². The van der Waals surface area contributed by atoms with E-state index in [1.54, 1.807) is 26.0 Å². The minimum atomic E-state index is -0.870. The molecule has 26 heavy (non-hydrogen) atoms. The van der Waals surface area contributed by atoms with Crippen molar-refractivity contribution in [2.45, 2.75) is 26.0 Å². The van der Waals surface area contributed by atoms with E-state index < -0.39 is 18.2 Å². The Bertz CT molecular complexity index is 766. The van der Waals surface area contributed by atoms with Gasteiger partial charge in [0, 0.05) is 6.07 Å². The molecule has 2 aromatic rings. The van der Waals surface area contributed by atoms with Gasteiger partial charge in [0.1, 0.15) is 11.6 Å². The number of hydrogen-bond acceptors (Lipinski definition) is 8. The number of nitrogen functional groups attached to an aromatic ring is 2. The van der Waals surface area contributed by atoms with Crippen LogP contribution in [0.3, 0.4) is 0 Å². The van der Waals surface area contributed by atoms with Gasteiger partial charge in [0.15, 0.2) is 5.82 Å². The van der Waals surface area contributed by atoms with Crippen LogP contribution in [0.2, 0.25) is 0 Å². The Labute approximate surface area is 151 Å². The lowest BCUT2D eigenvalue weighted by Crippen LogP contribution is -2.25. The third-order valence-electron chi connectivity index (χ3n) is 3.69. The van der Waals surface area contributed by atoms with Gasteiger partial charge in [0.2, 0.25) is 0 Å². The fraction of sp³-hybridized carbons (Fsp3) is 0.294. The Hall–Kier alpha value is -3.20. The van der Waals surface area contributed by atoms with Crippen molar-refractivity contribution in [1.29, 1.82) is 0 Å². The summed E-state index contributed by atoms with van der Waals surface area (Å²) in [6, 6.07) is 7.28. The summed E-state index contributed by atoms with van der Waals surface area (Å²) in [4.78, 5) is 15.5. The van der Waals surface area contributed by atoms with Gasteiger partial charge in [-0.05, 0) is 31.5 Å². The number of aliphatic hydroxyl groups is 1. The number of hydrogen-bond donors (Lipinski definition) is 6. The first-order valence-corrected chi connectivity index (χ1v) is 8.05. The smallest absolute Gasteiger partial charge is 0.412 e. The van der Waals surface area contributed by atoms with Crippen molar-refractivity contribution in [2.24, 2.45) is 0 Å². The van der Waals surface area contributed by atoms with Gasteiger partial charge < -0.3 is 31.7 Å². The number of nitrogens with zero attached hydrogens (tertiary/aromatic N) is 1. The molecule has 1 amide bonds. The number of ether oxygens (including phenoxy) is 1. The average Bonchev–Trinajstić information content (AvgIpc) is 2.59. The topological polar surface area (TPSA) is 156 Å². The molecule has 1 aromatic carbocycles. The lowest BCUT2D eigenvalue weighted by Gasteiger charge is -2.23. The number of aromatic nitrogens is 1. The zero-order valence-electron chi connectivity index (χ0n) is 14.6.